The predicted octanol–water partition coefficient (Wildman–Crippen LogP) is 3.93. The first-order chi connectivity index (χ1) is 9.65. The number of benzene rings is 2. The van der Waals surface area contributed by atoms with Crippen molar-refractivity contribution < 1.29 is 4.79 Å². The number of aryl methyl sites for hydroxylation is 1. The Kier molecular flexibility index (Phi) is 3.32. The zero-order valence-corrected chi connectivity index (χ0v) is 12.4. The molecule has 4 heteroatoms. The average molecular weight is 327 g/mol. The van der Waals surface area contributed by atoms with Gasteiger partial charge in [-0.1, -0.05) is 34.1 Å². The van der Waals surface area contributed by atoms with Gasteiger partial charge >= 0.3 is 0 Å². The maximum Gasteiger partial charge on any atom is 0.212 e. The number of hydrogen-bond acceptors (Lipinski definition) is 3. The highest BCUT2D eigenvalue weighted by Gasteiger charge is 2.15. The van der Waals surface area contributed by atoms with Crippen molar-refractivity contribution in [2.45, 2.75) is 6.92 Å². The Hall–Kier alpha value is -2.07. The molecule has 1 aromatic heterocycles. The second-order valence-corrected chi connectivity index (χ2v) is 5.39. The van der Waals surface area contributed by atoms with Crippen LogP contribution in [0.25, 0.3) is 10.9 Å². The number of ketones is 1. The first-order valence-electron chi connectivity index (χ1n) is 6.19. The lowest BCUT2D eigenvalue weighted by molar-refractivity contribution is 0.103. The van der Waals surface area contributed by atoms with E-state index in [0.29, 0.717) is 17.1 Å². The molecule has 0 fully saturated rings. The smallest absolute Gasteiger partial charge is 0.212 e. The number of fused-ring (bicyclic) bond motifs is 1. The van der Waals surface area contributed by atoms with Crippen molar-refractivity contribution in [3.05, 3.63) is 70.1 Å². The highest BCUT2D eigenvalue weighted by molar-refractivity contribution is 9.10. The summed E-state index contributed by atoms with van der Waals surface area (Å²) in [5.74, 6) is 0.517. The van der Waals surface area contributed by atoms with Gasteiger partial charge in [0, 0.05) is 15.4 Å². The number of rotatable bonds is 2. The lowest BCUT2D eigenvalue weighted by Crippen LogP contribution is -2.07. The van der Waals surface area contributed by atoms with Crippen LogP contribution in [0.5, 0.6) is 0 Å². The van der Waals surface area contributed by atoms with E-state index >= 15 is 0 Å². The van der Waals surface area contributed by atoms with E-state index in [1.807, 2.05) is 36.4 Å². The third-order valence-corrected chi connectivity index (χ3v) is 3.57. The first kappa shape index (κ1) is 12.9. The molecule has 0 amide bonds. The van der Waals surface area contributed by atoms with Crippen LogP contribution < -0.4 is 0 Å². The van der Waals surface area contributed by atoms with Crippen LogP contribution in [0.4, 0.5) is 0 Å². The summed E-state index contributed by atoms with van der Waals surface area (Å²) in [7, 11) is 0. The molecule has 0 spiro atoms. The number of para-hydroxylation sites is 1. The van der Waals surface area contributed by atoms with E-state index in [0.717, 1.165) is 15.4 Å². The number of aromatic nitrogens is 2. The lowest BCUT2D eigenvalue weighted by atomic mass is 10.0. The standard InChI is InChI=1S/C16H11BrN2O/c1-10-18-14-5-3-2-4-13(14)15(19-10)16(20)11-6-8-12(17)9-7-11/h2-9H,1H3. The fourth-order valence-corrected chi connectivity index (χ4v) is 2.37. The van der Waals surface area contributed by atoms with Gasteiger partial charge in [-0.25, -0.2) is 9.97 Å². The van der Waals surface area contributed by atoms with E-state index in [4.69, 9.17) is 0 Å². The van der Waals surface area contributed by atoms with Gasteiger partial charge in [0.1, 0.15) is 11.5 Å². The Morgan fingerprint density at radius 1 is 1.00 bits per heavy atom. The minimum Gasteiger partial charge on any atom is -0.287 e. The van der Waals surface area contributed by atoms with Gasteiger partial charge in [-0.05, 0) is 37.3 Å². The molecule has 0 unspecified atom stereocenters. The van der Waals surface area contributed by atoms with E-state index in [-0.39, 0.29) is 5.78 Å². The van der Waals surface area contributed by atoms with E-state index in [9.17, 15) is 4.79 Å². The summed E-state index contributed by atoms with van der Waals surface area (Å²) in [5, 5.41) is 0.783. The van der Waals surface area contributed by atoms with Gasteiger partial charge in [0.2, 0.25) is 5.78 Å². The first-order valence-corrected chi connectivity index (χ1v) is 6.98. The Morgan fingerprint density at radius 3 is 2.45 bits per heavy atom. The molecule has 1 heterocycles. The zero-order valence-electron chi connectivity index (χ0n) is 10.8. The number of carbonyl (C=O) groups excluding carboxylic acids is 1. The molecule has 3 rings (SSSR count). The maximum atomic E-state index is 12.6. The minimum atomic E-state index is -0.0841. The van der Waals surface area contributed by atoms with E-state index in [2.05, 4.69) is 25.9 Å². The highest BCUT2D eigenvalue weighted by atomic mass is 79.9. The largest absolute Gasteiger partial charge is 0.287 e. The van der Waals surface area contributed by atoms with Crippen LogP contribution >= 0.6 is 15.9 Å². The van der Waals surface area contributed by atoms with Crippen LogP contribution in [0.15, 0.2) is 53.0 Å². The number of nitrogens with zero attached hydrogens (tertiary/aromatic N) is 2. The summed E-state index contributed by atoms with van der Waals surface area (Å²) in [6.45, 7) is 1.80. The summed E-state index contributed by atoms with van der Waals surface area (Å²) in [5.41, 5.74) is 1.87. The van der Waals surface area contributed by atoms with Gasteiger partial charge < -0.3 is 0 Å². The van der Waals surface area contributed by atoms with Gasteiger partial charge in [0.25, 0.3) is 0 Å². The van der Waals surface area contributed by atoms with E-state index < -0.39 is 0 Å². The summed E-state index contributed by atoms with van der Waals surface area (Å²) in [4.78, 5) is 21.3. The molecule has 0 bridgehead atoms. The predicted molar refractivity (Wildman–Crippen MR) is 81.8 cm³/mol. The SMILES string of the molecule is Cc1nc(C(=O)c2ccc(Br)cc2)c2ccccc2n1. The van der Waals surface area contributed by atoms with Crippen LogP contribution in [0, 0.1) is 6.92 Å². The Bertz CT molecular complexity index is 797. The molecule has 0 atom stereocenters. The van der Waals surface area contributed by atoms with Crippen molar-refractivity contribution in [1.29, 1.82) is 0 Å². The van der Waals surface area contributed by atoms with E-state index in [1.54, 1.807) is 19.1 Å². The van der Waals surface area contributed by atoms with Gasteiger partial charge in [-0.15, -0.1) is 0 Å². The molecule has 0 aliphatic heterocycles. The Morgan fingerprint density at radius 2 is 1.70 bits per heavy atom. The summed E-state index contributed by atoms with van der Waals surface area (Å²) in [6, 6.07) is 14.8. The summed E-state index contributed by atoms with van der Waals surface area (Å²) in [6.07, 6.45) is 0. The van der Waals surface area contributed by atoms with Crippen molar-refractivity contribution in [3.63, 3.8) is 0 Å². The van der Waals surface area contributed by atoms with Crippen molar-refractivity contribution >= 4 is 32.6 Å². The molecule has 3 aromatic rings. The lowest BCUT2D eigenvalue weighted by Gasteiger charge is -2.06. The quantitative estimate of drug-likeness (QED) is 0.670. The van der Waals surface area contributed by atoms with Crippen molar-refractivity contribution in [3.8, 4) is 0 Å². The van der Waals surface area contributed by atoms with Gasteiger partial charge in [-0.2, -0.15) is 0 Å². The molecule has 20 heavy (non-hydrogen) atoms. The normalized spacial score (nSPS) is 10.7. The molecular formula is C16H11BrN2O. The third kappa shape index (κ3) is 2.34. The van der Waals surface area contributed by atoms with Crippen molar-refractivity contribution in [2.75, 3.05) is 0 Å². The van der Waals surface area contributed by atoms with Crippen LogP contribution in [0.3, 0.4) is 0 Å². The second kappa shape index (κ2) is 5.13. The molecule has 98 valence electrons. The fraction of sp³-hybridized carbons (Fsp3) is 0.0625. The average Bonchev–Trinajstić information content (AvgIpc) is 2.46. The summed E-state index contributed by atoms with van der Waals surface area (Å²) >= 11 is 3.37. The minimum absolute atomic E-state index is 0.0841. The summed E-state index contributed by atoms with van der Waals surface area (Å²) < 4.78 is 0.942. The van der Waals surface area contributed by atoms with Crippen molar-refractivity contribution in [1.82, 2.24) is 9.97 Å². The van der Waals surface area contributed by atoms with Gasteiger partial charge in [-0.3, -0.25) is 4.79 Å². The molecule has 0 N–H and O–H groups in total. The molecule has 2 aromatic carbocycles. The van der Waals surface area contributed by atoms with Crippen molar-refractivity contribution in [2.24, 2.45) is 0 Å². The highest BCUT2D eigenvalue weighted by Crippen LogP contribution is 2.20. The molecule has 0 aliphatic carbocycles. The Balaban J connectivity index is 2.18. The van der Waals surface area contributed by atoms with Crippen LogP contribution in [-0.2, 0) is 0 Å². The number of hydrogen-bond donors (Lipinski definition) is 0. The van der Waals surface area contributed by atoms with E-state index in [1.165, 1.54) is 0 Å². The molecule has 3 nitrogen and oxygen atoms in total. The zero-order chi connectivity index (χ0) is 14.1. The molecule has 0 aliphatic rings. The molecule has 0 saturated carbocycles. The monoisotopic (exact) mass is 326 g/mol. The van der Waals surface area contributed by atoms with Gasteiger partial charge in [0.05, 0.1) is 5.52 Å². The number of halogens is 1. The van der Waals surface area contributed by atoms with Gasteiger partial charge in [0.15, 0.2) is 0 Å². The molecule has 0 radical (unpaired) electrons. The number of carbonyl (C=O) groups is 1. The molecule has 0 saturated heterocycles. The molecular weight excluding hydrogens is 316 g/mol. The second-order valence-electron chi connectivity index (χ2n) is 4.47. The van der Waals surface area contributed by atoms with Crippen LogP contribution in [-0.4, -0.2) is 15.8 Å². The fourth-order valence-electron chi connectivity index (χ4n) is 2.10. The van der Waals surface area contributed by atoms with Crippen LogP contribution in [0.1, 0.15) is 21.9 Å². The Labute approximate surface area is 124 Å². The maximum absolute atomic E-state index is 12.6. The topological polar surface area (TPSA) is 42.9 Å². The van der Waals surface area contributed by atoms with Crippen LogP contribution in [0.2, 0.25) is 0 Å². The third-order valence-electron chi connectivity index (χ3n) is 3.04.